The van der Waals surface area contributed by atoms with E-state index in [0.29, 0.717) is 5.92 Å². The van der Waals surface area contributed by atoms with E-state index in [4.69, 9.17) is 4.74 Å². The lowest BCUT2D eigenvalue weighted by Crippen LogP contribution is -1.92. The Labute approximate surface area is 141 Å². The average molecular weight is 310 g/mol. The molecule has 0 aliphatic heterocycles. The van der Waals surface area contributed by atoms with Crippen molar-refractivity contribution in [2.45, 2.75) is 59.3 Å². The molecule has 0 aliphatic carbocycles. The van der Waals surface area contributed by atoms with Crippen molar-refractivity contribution in [1.82, 2.24) is 0 Å². The second-order valence-electron chi connectivity index (χ2n) is 6.91. The fourth-order valence-electron chi connectivity index (χ4n) is 2.67. The molecule has 2 rings (SSSR count). The summed E-state index contributed by atoms with van der Waals surface area (Å²) in [7, 11) is 0. The fourth-order valence-corrected chi connectivity index (χ4v) is 2.67. The summed E-state index contributed by atoms with van der Waals surface area (Å²) < 4.78 is 5.94. The zero-order valence-corrected chi connectivity index (χ0v) is 15.0. The van der Waals surface area contributed by atoms with E-state index in [9.17, 15) is 0 Å². The van der Waals surface area contributed by atoms with Gasteiger partial charge in [0, 0.05) is 0 Å². The van der Waals surface area contributed by atoms with Crippen molar-refractivity contribution < 1.29 is 4.74 Å². The van der Waals surface area contributed by atoms with Gasteiger partial charge in [0.25, 0.3) is 0 Å². The van der Waals surface area contributed by atoms with Crippen LogP contribution >= 0.6 is 0 Å². The standard InChI is InChI=1S/C22H30O/c1-5-18(4)20-11-15-22(16-12-20)23-21-13-9-19(10-14-21)8-6-7-17(2)3/h9-18H,5-8H2,1-4H3. The summed E-state index contributed by atoms with van der Waals surface area (Å²) in [6, 6.07) is 17.0. The Morgan fingerprint density at radius 2 is 1.39 bits per heavy atom. The van der Waals surface area contributed by atoms with Crippen LogP contribution in [0.2, 0.25) is 0 Å². The number of rotatable bonds is 8. The van der Waals surface area contributed by atoms with Crippen molar-refractivity contribution in [1.29, 1.82) is 0 Å². The van der Waals surface area contributed by atoms with Crippen LogP contribution in [-0.4, -0.2) is 0 Å². The molecule has 0 amide bonds. The molecule has 0 aromatic heterocycles. The van der Waals surface area contributed by atoms with Crippen molar-refractivity contribution in [3.63, 3.8) is 0 Å². The Morgan fingerprint density at radius 1 is 0.826 bits per heavy atom. The van der Waals surface area contributed by atoms with Crippen molar-refractivity contribution in [3.05, 3.63) is 59.7 Å². The van der Waals surface area contributed by atoms with Crippen LogP contribution in [0.5, 0.6) is 11.5 Å². The maximum absolute atomic E-state index is 5.94. The Kier molecular flexibility index (Phi) is 6.70. The lowest BCUT2D eigenvalue weighted by Gasteiger charge is -2.11. The molecular weight excluding hydrogens is 280 g/mol. The van der Waals surface area contributed by atoms with Crippen LogP contribution in [0.15, 0.2) is 48.5 Å². The molecule has 0 fully saturated rings. The molecule has 2 aromatic carbocycles. The van der Waals surface area contributed by atoms with E-state index in [2.05, 4.69) is 76.2 Å². The summed E-state index contributed by atoms with van der Waals surface area (Å²) in [5.41, 5.74) is 2.77. The number of aryl methyl sites for hydroxylation is 1. The van der Waals surface area contributed by atoms with Crippen LogP contribution in [0, 0.1) is 5.92 Å². The van der Waals surface area contributed by atoms with Crippen LogP contribution in [0.4, 0.5) is 0 Å². The summed E-state index contributed by atoms with van der Waals surface area (Å²) in [6.07, 6.45) is 4.87. The molecule has 0 saturated heterocycles. The number of hydrogen-bond donors (Lipinski definition) is 0. The zero-order chi connectivity index (χ0) is 16.7. The highest BCUT2D eigenvalue weighted by molar-refractivity contribution is 5.35. The zero-order valence-electron chi connectivity index (χ0n) is 15.0. The van der Waals surface area contributed by atoms with Crippen molar-refractivity contribution >= 4 is 0 Å². The third-order valence-corrected chi connectivity index (χ3v) is 4.47. The minimum Gasteiger partial charge on any atom is -0.457 e. The minimum atomic E-state index is 0.606. The van der Waals surface area contributed by atoms with Gasteiger partial charge in [-0.25, -0.2) is 0 Å². The molecule has 1 atom stereocenters. The summed E-state index contributed by atoms with van der Waals surface area (Å²) >= 11 is 0. The SMILES string of the molecule is CCC(C)c1ccc(Oc2ccc(CCCC(C)C)cc2)cc1. The first-order valence-electron chi connectivity index (χ1n) is 8.95. The molecule has 0 bridgehead atoms. The smallest absolute Gasteiger partial charge is 0.127 e. The minimum absolute atomic E-state index is 0.606. The van der Waals surface area contributed by atoms with Crippen molar-refractivity contribution in [2.75, 3.05) is 0 Å². The van der Waals surface area contributed by atoms with Gasteiger partial charge in [-0.1, -0.05) is 58.4 Å². The quantitative estimate of drug-likeness (QED) is 0.511. The highest BCUT2D eigenvalue weighted by atomic mass is 16.5. The molecule has 0 N–H and O–H groups in total. The number of benzene rings is 2. The maximum atomic E-state index is 5.94. The summed E-state index contributed by atoms with van der Waals surface area (Å²) in [5.74, 6) is 3.21. The normalized spacial score (nSPS) is 12.4. The van der Waals surface area contributed by atoms with Gasteiger partial charge in [-0.2, -0.15) is 0 Å². The first-order valence-corrected chi connectivity index (χ1v) is 8.95. The van der Waals surface area contributed by atoms with Gasteiger partial charge in [0.15, 0.2) is 0 Å². The van der Waals surface area contributed by atoms with Gasteiger partial charge in [-0.3, -0.25) is 0 Å². The molecule has 0 heterocycles. The molecule has 2 aromatic rings. The van der Waals surface area contributed by atoms with E-state index >= 15 is 0 Å². The fraction of sp³-hybridized carbons (Fsp3) is 0.455. The van der Waals surface area contributed by atoms with E-state index < -0.39 is 0 Å². The van der Waals surface area contributed by atoms with Gasteiger partial charge < -0.3 is 4.74 Å². The van der Waals surface area contributed by atoms with Crippen molar-refractivity contribution in [2.24, 2.45) is 5.92 Å². The summed E-state index contributed by atoms with van der Waals surface area (Å²) in [6.45, 7) is 9.04. The Hall–Kier alpha value is -1.76. The van der Waals surface area contributed by atoms with Gasteiger partial charge in [-0.15, -0.1) is 0 Å². The first kappa shape index (κ1) is 17.6. The third-order valence-electron chi connectivity index (χ3n) is 4.47. The Bertz CT molecular complexity index is 566. The highest BCUT2D eigenvalue weighted by Crippen LogP contribution is 2.25. The van der Waals surface area contributed by atoms with Gasteiger partial charge in [0.05, 0.1) is 0 Å². The third kappa shape index (κ3) is 5.74. The molecule has 1 heteroatoms. The molecular formula is C22H30O. The highest BCUT2D eigenvalue weighted by Gasteiger charge is 2.04. The largest absolute Gasteiger partial charge is 0.457 e. The molecule has 124 valence electrons. The van der Waals surface area contributed by atoms with Crippen LogP contribution in [0.3, 0.4) is 0 Å². The molecule has 1 unspecified atom stereocenters. The van der Waals surface area contributed by atoms with Gasteiger partial charge in [0.2, 0.25) is 0 Å². The molecule has 0 aliphatic rings. The number of hydrogen-bond acceptors (Lipinski definition) is 1. The van der Waals surface area contributed by atoms with Crippen LogP contribution in [0.1, 0.15) is 64.0 Å². The molecule has 1 nitrogen and oxygen atoms in total. The van der Waals surface area contributed by atoms with E-state index in [-0.39, 0.29) is 0 Å². The summed E-state index contributed by atoms with van der Waals surface area (Å²) in [4.78, 5) is 0. The van der Waals surface area contributed by atoms with Crippen molar-refractivity contribution in [3.8, 4) is 11.5 Å². The van der Waals surface area contributed by atoms with Crippen LogP contribution in [-0.2, 0) is 6.42 Å². The monoisotopic (exact) mass is 310 g/mol. The molecule has 0 radical (unpaired) electrons. The van der Waals surface area contributed by atoms with Crippen LogP contribution in [0.25, 0.3) is 0 Å². The lowest BCUT2D eigenvalue weighted by atomic mass is 9.99. The predicted molar refractivity (Wildman–Crippen MR) is 99.4 cm³/mol. The van der Waals surface area contributed by atoms with E-state index in [1.54, 1.807) is 0 Å². The van der Waals surface area contributed by atoms with E-state index in [0.717, 1.165) is 23.8 Å². The predicted octanol–water partition coefficient (Wildman–Crippen LogP) is 6.97. The molecule has 23 heavy (non-hydrogen) atoms. The Balaban J connectivity index is 1.90. The number of ether oxygens (including phenoxy) is 1. The Morgan fingerprint density at radius 3 is 1.91 bits per heavy atom. The lowest BCUT2D eigenvalue weighted by molar-refractivity contribution is 0.482. The van der Waals surface area contributed by atoms with Gasteiger partial charge in [-0.05, 0) is 66.5 Å². The van der Waals surface area contributed by atoms with Gasteiger partial charge >= 0.3 is 0 Å². The topological polar surface area (TPSA) is 9.23 Å². The second kappa shape index (κ2) is 8.76. The second-order valence-corrected chi connectivity index (χ2v) is 6.91. The first-order chi connectivity index (χ1) is 11.1. The van der Waals surface area contributed by atoms with Crippen LogP contribution < -0.4 is 4.74 Å². The average Bonchev–Trinajstić information content (AvgIpc) is 2.56. The molecule has 0 spiro atoms. The van der Waals surface area contributed by atoms with E-state index in [1.807, 2.05) is 0 Å². The van der Waals surface area contributed by atoms with E-state index in [1.165, 1.54) is 30.4 Å². The van der Waals surface area contributed by atoms with Gasteiger partial charge in [0.1, 0.15) is 11.5 Å². The maximum Gasteiger partial charge on any atom is 0.127 e. The molecule has 0 saturated carbocycles. The summed E-state index contributed by atoms with van der Waals surface area (Å²) in [5, 5.41) is 0.